The molecule has 0 aromatic heterocycles. The number of rotatable bonds is 7. The summed E-state index contributed by atoms with van der Waals surface area (Å²) in [7, 11) is 1.90. The molecule has 0 amide bonds. The maximum absolute atomic E-state index is 5.48. The molecule has 6 nitrogen and oxygen atoms in total. The van der Waals surface area contributed by atoms with Crippen molar-refractivity contribution in [3.05, 3.63) is 0 Å². The molecule has 2 rings (SSSR count). The number of halogens is 1. The van der Waals surface area contributed by atoms with E-state index in [1.54, 1.807) is 0 Å². The predicted molar refractivity (Wildman–Crippen MR) is 121 cm³/mol. The molecule has 26 heavy (non-hydrogen) atoms. The van der Waals surface area contributed by atoms with Gasteiger partial charge in [-0.1, -0.05) is 0 Å². The second-order valence-corrected chi connectivity index (χ2v) is 7.79. The van der Waals surface area contributed by atoms with Crippen molar-refractivity contribution in [3.63, 3.8) is 0 Å². The molecule has 1 atom stereocenters. The third kappa shape index (κ3) is 7.13. The van der Waals surface area contributed by atoms with Crippen molar-refractivity contribution in [2.75, 3.05) is 59.5 Å². The Morgan fingerprint density at radius 3 is 2.38 bits per heavy atom. The van der Waals surface area contributed by atoms with Gasteiger partial charge in [0.1, 0.15) is 0 Å². The lowest BCUT2D eigenvalue weighted by Crippen LogP contribution is -2.47. The Bertz CT molecular complexity index is 405. The Morgan fingerprint density at radius 2 is 1.81 bits per heavy atom. The first-order chi connectivity index (χ1) is 12.0. The monoisotopic (exact) mass is 481 g/mol. The topological polar surface area (TPSA) is 43.3 Å². The van der Waals surface area contributed by atoms with Crippen LogP contribution in [0.25, 0.3) is 0 Å². The molecule has 0 aromatic carbocycles. The molecule has 0 aromatic rings. The molecule has 0 bridgehead atoms. The van der Waals surface area contributed by atoms with Crippen molar-refractivity contribution < 1.29 is 4.74 Å². The summed E-state index contributed by atoms with van der Waals surface area (Å²) in [5, 5.41) is 3.57. The Morgan fingerprint density at radius 1 is 1.15 bits per heavy atom. The summed E-state index contributed by atoms with van der Waals surface area (Å²) in [6, 6.07) is 1.86. The molecular weight excluding hydrogens is 441 g/mol. The van der Waals surface area contributed by atoms with Gasteiger partial charge in [0.2, 0.25) is 0 Å². The predicted octanol–water partition coefficient (Wildman–Crippen LogP) is 2.10. The van der Waals surface area contributed by atoms with Crippen molar-refractivity contribution in [3.8, 4) is 0 Å². The van der Waals surface area contributed by atoms with Crippen LogP contribution in [-0.2, 0) is 4.74 Å². The van der Waals surface area contributed by atoms with Crippen LogP contribution in [0.4, 0.5) is 0 Å². The van der Waals surface area contributed by atoms with E-state index >= 15 is 0 Å². The zero-order valence-electron chi connectivity index (χ0n) is 17.4. The van der Waals surface area contributed by atoms with Gasteiger partial charge in [-0.2, -0.15) is 0 Å². The first-order valence-corrected chi connectivity index (χ1v) is 10.1. The molecule has 7 heteroatoms. The van der Waals surface area contributed by atoms with Crippen molar-refractivity contribution >= 4 is 29.9 Å². The summed E-state index contributed by atoms with van der Waals surface area (Å²) in [5.74, 6) is 1.07. The summed E-state index contributed by atoms with van der Waals surface area (Å²) in [4.78, 5) is 12.1. The summed E-state index contributed by atoms with van der Waals surface area (Å²) in [5.41, 5.74) is 0. The zero-order valence-corrected chi connectivity index (χ0v) is 19.7. The smallest absolute Gasteiger partial charge is 0.193 e. The van der Waals surface area contributed by atoms with Crippen molar-refractivity contribution in [2.24, 2.45) is 4.99 Å². The number of hydrogen-bond acceptors (Lipinski definition) is 4. The normalized spacial score (nSPS) is 22.4. The van der Waals surface area contributed by atoms with Crippen LogP contribution in [0.5, 0.6) is 0 Å². The van der Waals surface area contributed by atoms with Crippen molar-refractivity contribution in [1.82, 2.24) is 20.0 Å². The van der Waals surface area contributed by atoms with E-state index in [0.717, 1.165) is 64.9 Å². The third-order valence-electron chi connectivity index (χ3n) is 5.44. The highest BCUT2D eigenvalue weighted by Crippen LogP contribution is 2.17. The SMILES string of the molecule is CN=C(NCCCN(C(C)C)C(C)C)N1CCC(N2CCOCC2)C1.I. The van der Waals surface area contributed by atoms with Crippen LogP contribution in [0, 0.1) is 0 Å². The Labute approximate surface area is 177 Å². The van der Waals surface area contributed by atoms with Crippen LogP contribution in [0.3, 0.4) is 0 Å². The van der Waals surface area contributed by atoms with Gasteiger partial charge in [-0.15, -0.1) is 24.0 Å². The number of guanidine groups is 1. The van der Waals surface area contributed by atoms with Crippen molar-refractivity contribution in [2.45, 2.75) is 58.7 Å². The van der Waals surface area contributed by atoms with Gasteiger partial charge in [-0.05, 0) is 40.5 Å². The van der Waals surface area contributed by atoms with Crippen LogP contribution in [-0.4, -0.2) is 98.3 Å². The van der Waals surface area contributed by atoms with Crippen LogP contribution in [0.15, 0.2) is 4.99 Å². The number of likely N-dealkylation sites (tertiary alicyclic amines) is 1. The van der Waals surface area contributed by atoms with Gasteiger partial charge in [0.25, 0.3) is 0 Å². The average Bonchev–Trinajstić information content (AvgIpc) is 3.08. The minimum Gasteiger partial charge on any atom is -0.379 e. The van der Waals surface area contributed by atoms with Crippen LogP contribution in [0.2, 0.25) is 0 Å². The number of morpholine rings is 1. The Kier molecular flexibility index (Phi) is 11.4. The zero-order chi connectivity index (χ0) is 18.2. The number of ether oxygens (including phenoxy) is 1. The van der Waals surface area contributed by atoms with Gasteiger partial charge in [0.15, 0.2) is 5.96 Å². The van der Waals surface area contributed by atoms with Gasteiger partial charge in [0.05, 0.1) is 13.2 Å². The first-order valence-electron chi connectivity index (χ1n) is 10.1. The lowest BCUT2D eigenvalue weighted by atomic mass is 10.2. The highest BCUT2D eigenvalue weighted by molar-refractivity contribution is 14.0. The summed E-state index contributed by atoms with van der Waals surface area (Å²) >= 11 is 0. The Balaban J connectivity index is 0.00000338. The van der Waals surface area contributed by atoms with Gasteiger partial charge >= 0.3 is 0 Å². The molecule has 2 heterocycles. The fourth-order valence-corrected chi connectivity index (χ4v) is 4.08. The molecule has 0 aliphatic carbocycles. The second-order valence-electron chi connectivity index (χ2n) is 7.79. The molecule has 0 spiro atoms. The highest BCUT2D eigenvalue weighted by atomic mass is 127. The van der Waals surface area contributed by atoms with Crippen LogP contribution >= 0.6 is 24.0 Å². The molecule has 2 fully saturated rings. The van der Waals surface area contributed by atoms with Crippen LogP contribution in [0.1, 0.15) is 40.5 Å². The number of nitrogens with one attached hydrogen (secondary N) is 1. The lowest BCUT2D eigenvalue weighted by Gasteiger charge is -2.32. The molecule has 1 N–H and O–H groups in total. The van der Waals surface area contributed by atoms with Gasteiger partial charge in [-0.25, -0.2) is 0 Å². The van der Waals surface area contributed by atoms with Gasteiger partial charge in [0, 0.05) is 64.4 Å². The van der Waals surface area contributed by atoms with E-state index in [9.17, 15) is 0 Å². The van der Waals surface area contributed by atoms with E-state index in [1.165, 1.54) is 6.42 Å². The number of nitrogens with zero attached hydrogens (tertiary/aromatic N) is 4. The maximum Gasteiger partial charge on any atom is 0.193 e. The molecule has 1 unspecified atom stereocenters. The van der Waals surface area contributed by atoms with E-state index in [1.807, 2.05) is 7.05 Å². The average molecular weight is 481 g/mol. The standard InChI is InChI=1S/C19H39N5O.HI/c1-16(2)24(17(3)4)9-6-8-21-19(20-5)23-10-7-18(15-23)22-11-13-25-14-12-22;/h16-18H,6-15H2,1-5H3,(H,20,21);1H. The maximum atomic E-state index is 5.48. The lowest BCUT2D eigenvalue weighted by molar-refractivity contribution is 0.0195. The van der Waals surface area contributed by atoms with Crippen molar-refractivity contribution in [1.29, 1.82) is 0 Å². The first kappa shape index (κ1) is 23.9. The number of hydrogen-bond donors (Lipinski definition) is 1. The van der Waals surface area contributed by atoms with E-state index < -0.39 is 0 Å². The second kappa shape index (κ2) is 12.4. The molecule has 0 radical (unpaired) electrons. The minimum absolute atomic E-state index is 0. The largest absolute Gasteiger partial charge is 0.379 e. The fraction of sp³-hybridized carbons (Fsp3) is 0.947. The van der Waals surface area contributed by atoms with E-state index in [4.69, 9.17) is 4.74 Å². The van der Waals surface area contributed by atoms with E-state index in [0.29, 0.717) is 18.1 Å². The summed E-state index contributed by atoms with van der Waals surface area (Å²) in [6.07, 6.45) is 2.38. The summed E-state index contributed by atoms with van der Waals surface area (Å²) in [6.45, 7) is 17.3. The Hall–Kier alpha value is -0.120. The quantitative estimate of drug-likeness (QED) is 0.261. The van der Waals surface area contributed by atoms with Gasteiger partial charge in [-0.3, -0.25) is 14.8 Å². The highest BCUT2D eigenvalue weighted by Gasteiger charge is 2.30. The van der Waals surface area contributed by atoms with E-state index in [2.05, 4.69) is 52.7 Å². The molecule has 2 saturated heterocycles. The molecular formula is C19H40IN5O. The molecule has 2 aliphatic heterocycles. The number of aliphatic imine (C=N–C) groups is 1. The van der Waals surface area contributed by atoms with E-state index in [-0.39, 0.29) is 24.0 Å². The van der Waals surface area contributed by atoms with Gasteiger partial charge < -0.3 is 15.0 Å². The van der Waals surface area contributed by atoms with Crippen LogP contribution < -0.4 is 5.32 Å². The molecule has 154 valence electrons. The summed E-state index contributed by atoms with van der Waals surface area (Å²) < 4.78 is 5.48. The third-order valence-corrected chi connectivity index (χ3v) is 5.44. The molecule has 2 aliphatic rings. The fourth-order valence-electron chi connectivity index (χ4n) is 4.08. The molecule has 0 saturated carbocycles. The minimum atomic E-state index is 0.